The fourth-order valence-corrected chi connectivity index (χ4v) is 3.27. The van der Waals surface area contributed by atoms with E-state index in [0.29, 0.717) is 6.61 Å². The maximum absolute atomic E-state index is 12.4. The summed E-state index contributed by atoms with van der Waals surface area (Å²) in [5, 5.41) is 0.729. The summed E-state index contributed by atoms with van der Waals surface area (Å²) in [5.74, 6) is 1.07. The van der Waals surface area contributed by atoms with Crippen molar-refractivity contribution in [3.8, 4) is 5.75 Å². The molecular weight excluding hydrogens is 360 g/mol. The van der Waals surface area contributed by atoms with E-state index in [1.807, 2.05) is 62.1 Å². The van der Waals surface area contributed by atoms with Gasteiger partial charge in [-0.1, -0.05) is 44.5 Å². The molecule has 3 rings (SSSR count). The van der Waals surface area contributed by atoms with Crippen molar-refractivity contribution in [3.63, 3.8) is 0 Å². The van der Waals surface area contributed by atoms with Crippen molar-refractivity contribution in [2.45, 2.75) is 27.4 Å². The number of carbonyl (C=O) groups is 1. The standard InChI is InChI=1S/C22H27ClN2O2/c1-22(2,3)21(26)25-14-12-24(13-15-25)19-8-10-20(11-9-19)27-16-17-4-6-18(23)7-5-17/h4-11H,12-16H2,1-3H3. The predicted octanol–water partition coefficient (Wildman–Crippen LogP) is 4.61. The lowest BCUT2D eigenvalue weighted by Crippen LogP contribution is -2.51. The van der Waals surface area contributed by atoms with Crippen molar-refractivity contribution in [1.82, 2.24) is 4.90 Å². The van der Waals surface area contributed by atoms with Gasteiger partial charge in [-0.15, -0.1) is 0 Å². The minimum absolute atomic E-state index is 0.230. The van der Waals surface area contributed by atoms with Crippen LogP contribution >= 0.6 is 11.6 Å². The predicted molar refractivity (Wildman–Crippen MR) is 110 cm³/mol. The van der Waals surface area contributed by atoms with Crippen LogP contribution in [0.15, 0.2) is 48.5 Å². The molecule has 144 valence electrons. The van der Waals surface area contributed by atoms with Gasteiger partial charge >= 0.3 is 0 Å². The van der Waals surface area contributed by atoms with E-state index in [2.05, 4.69) is 17.0 Å². The molecule has 2 aromatic rings. The van der Waals surface area contributed by atoms with Crippen LogP contribution in [0.5, 0.6) is 5.75 Å². The molecule has 0 saturated carbocycles. The van der Waals surface area contributed by atoms with Crippen LogP contribution in [0.4, 0.5) is 5.69 Å². The first-order chi connectivity index (χ1) is 12.8. The SMILES string of the molecule is CC(C)(C)C(=O)N1CCN(c2ccc(OCc3ccc(Cl)cc3)cc2)CC1. The third kappa shape index (κ3) is 5.16. The van der Waals surface area contributed by atoms with Gasteiger partial charge in [0, 0.05) is 42.3 Å². The van der Waals surface area contributed by atoms with Gasteiger partial charge in [-0.3, -0.25) is 4.79 Å². The van der Waals surface area contributed by atoms with Gasteiger partial charge in [-0.05, 0) is 42.0 Å². The number of nitrogens with zero attached hydrogens (tertiary/aromatic N) is 2. The second-order valence-corrected chi connectivity index (χ2v) is 8.37. The highest BCUT2D eigenvalue weighted by Gasteiger charge is 2.29. The number of ether oxygens (including phenoxy) is 1. The molecule has 5 heteroatoms. The second-order valence-electron chi connectivity index (χ2n) is 7.94. The van der Waals surface area contributed by atoms with Crippen LogP contribution in [0.25, 0.3) is 0 Å². The zero-order valence-electron chi connectivity index (χ0n) is 16.2. The van der Waals surface area contributed by atoms with Crippen LogP contribution < -0.4 is 9.64 Å². The average molecular weight is 387 g/mol. The highest BCUT2D eigenvalue weighted by Crippen LogP contribution is 2.24. The fourth-order valence-electron chi connectivity index (χ4n) is 3.14. The van der Waals surface area contributed by atoms with Gasteiger partial charge in [0.2, 0.25) is 5.91 Å². The van der Waals surface area contributed by atoms with Crippen molar-refractivity contribution in [3.05, 3.63) is 59.1 Å². The van der Waals surface area contributed by atoms with E-state index in [9.17, 15) is 4.79 Å². The molecule has 2 aromatic carbocycles. The van der Waals surface area contributed by atoms with E-state index in [1.165, 1.54) is 0 Å². The van der Waals surface area contributed by atoms with E-state index < -0.39 is 0 Å². The number of carbonyl (C=O) groups excluding carboxylic acids is 1. The fraction of sp³-hybridized carbons (Fsp3) is 0.409. The maximum Gasteiger partial charge on any atom is 0.228 e. The smallest absolute Gasteiger partial charge is 0.228 e. The van der Waals surface area contributed by atoms with Gasteiger partial charge in [0.05, 0.1) is 0 Å². The van der Waals surface area contributed by atoms with Crippen molar-refractivity contribution in [2.24, 2.45) is 5.41 Å². The molecule has 1 saturated heterocycles. The Bertz CT molecular complexity index is 758. The monoisotopic (exact) mass is 386 g/mol. The summed E-state index contributed by atoms with van der Waals surface area (Å²) in [7, 11) is 0. The summed E-state index contributed by atoms with van der Waals surface area (Å²) in [6, 6.07) is 15.8. The highest BCUT2D eigenvalue weighted by molar-refractivity contribution is 6.30. The third-order valence-electron chi connectivity index (χ3n) is 4.73. The maximum atomic E-state index is 12.4. The lowest BCUT2D eigenvalue weighted by atomic mass is 9.94. The molecular formula is C22H27ClN2O2. The Morgan fingerprint density at radius 1 is 0.963 bits per heavy atom. The molecule has 0 bridgehead atoms. The normalized spacial score (nSPS) is 15.0. The van der Waals surface area contributed by atoms with Crippen LogP contribution in [0.3, 0.4) is 0 Å². The molecule has 0 atom stereocenters. The molecule has 1 amide bonds. The van der Waals surface area contributed by atoms with E-state index in [1.54, 1.807) is 0 Å². The van der Waals surface area contributed by atoms with Crippen molar-refractivity contribution >= 4 is 23.2 Å². The minimum Gasteiger partial charge on any atom is -0.489 e. The largest absolute Gasteiger partial charge is 0.489 e. The molecule has 0 aliphatic carbocycles. The molecule has 0 aromatic heterocycles. The summed E-state index contributed by atoms with van der Waals surface area (Å²) in [4.78, 5) is 16.7. The lowest BCUT2D eigenvalue weighted by Gasteiger charge is -2.38. The molecule has 1 aliphatic heterocycles. The quantitative estimate of drug-likeness (QED) is 0.769. The molecule has 1 fully saturated rings. The zero-order chi connectivity index (χ0) is 19.4. The molecule has 27 heavy (non-hydrogen) atoms. The molecule has 1 heterocycles. The van der Waals surface area contributed by atoms with Gasteiger partial charge in [0.15, 0.2) is 0 Å². The van der Waals surface area contributed by atoms with Crippen LogP contribution in [-0.4, -0.2) is 37.0 Å². The molecule has 0 N–H and O–H groups in total. The summed E-state index contributed by atoms with van der Waals surface area (Å²) < 4.78 is 5.85. The van der Waals surface area contributed by atoms with Gasteiger partial charge < -0.3 is 14.5 Å². The Morgan fingerprint density at radius 3 is 2.11 bits per heavy atom. The molecule has 4 nitrogen and oxygen atoms in total. The molecule has 1 aliphatic rings. The number of halogens is 1. The number of piperazine rings is 1. The summed E-state index contributed by atoms with van der Waals surface area (Å²) in [6.45, 7) is 9.69. The molecule has 0 unspecified atom stereocenters. The highest BCUT2D eigenvalue weighted by atomic mass is 35.5. The Morgan fingerprint density at radius 2 is 1.56 bits per heavy atom. The number of hydrogen-bond donors (Lipinski definition) is 0. The van der Waals surface area contributed by atoms with E-state index in [4.69, 9.17) is 16.3 Å². The first kappa shape index (κ1) is 19.6. The Hall–Kier alpha value is -2.20. The molecule has 0 radical (unpaired) electrons. The third-order valence-corrected chi connectivity index (χ3v) is 4.98. The van der Waals surface area contributed by atoms with Gasteiger partial charge in [-0.2, -0.15) is 0 Å². The van der Waals surface area contributed by atoms with Gasteiger partial charge in [-0.25, -0.2) is 0 Å². The first-order valence-corrected chi connectivity index (χ1v) is 9.72. The topological polar surface area (TPSA) is 32.8 Å². The average Bonchev–Trinajstić information content (AvgIpc) is 2.67. The van der Waals surface area contributed by atoms with Gasteiger partial charge in [0.25, 0.3) is 0 Å². The van der Waals surface area contributed by atoms with Crippen molar-refractivity contribution < 1.29 is 9.53 Å². The van der Waals surface area contributed by atoms with E-state index in [0.717, 1.165) is 48.2 Å². The Labute approximate surface area is 166 Å². The van der Waals surface area contributed by atoms with Crippen LogP contribution in [0.2, 0.25) is 5.02 Å². The van der Waals surface area contributed by atoms with E-state index in [-0.39, 0.29) is 11.3 Å². The number of hydrogen-bond acceptors (Lipinski definition) is 3. The Balaban J connectivity index is 1.52. The van der Waals surface area contributed by atoms with Crippen molar-refractivity contribution in [2.75, 3.05) is 31.1 Å². The summed E-state index contributed by atoms with van der Waals surface area (Å²) >= 11 is 5.90. The van der Waals surface area contributed by atoms with Crippen LogP contribution in [0, 0.1) is 5.41 Å². The number of amides is 1. The second kappa shape index (κ2) is 8.22. The van der Waals surface area contributed by atoms with Crippen LogP contribution in [-0.2, 0) is 11.4 Å². The van der Waals surface area contributed by atoms with E-state index >= 15 is 0 Å². The zero-order valence-corrected chi connectivity index (χ0v) is 17.0. The Kier molecular flexibility index (Phi) is 5.95. The first-order valence-electron chi connectivity index (χ1n) is 9.34. The van der Waals surface area contributed by atoms with Crippen LogP contribution in [0.1, 0.15) is 26.3 Å². The molecule has 0 spiro atoms. The summed E-state index contributed by atoms with van der Waals surface area (Å²) in [6.07, 6.45) is 0. The number of rotatable bonds is 4. The lowest BCUT2D eigenvalue weighted by molar-refractivity contribution is -0.139. The number of anilines is 1. The number of benzene rings is 2. The minimum atomic E-state index is -0.314. The van der Waals surface area contributed by atoms with Crippen molar-refractivity contribution in [1.29, 1.82) is 0 Å². The van der Waals surface area contributed by atoms with Gasteiger partial charge in [0.1, 0.15) is 12.4 Å². The summed E-state index contributed by atoms with van der Waals surface area (Å²) in [5.41, 5.74) is 1.94.